The highest BCUT2D eigenvalue weighted by Crippen LogP contribution is 2.15. The molecule has 0 aromatic heterocycles. The Hall–Kier alpha value is -1.08. The molecule has 0 aliphatic heterocycles. The lowest BCUT2D eigenvalue weighted by molar-refractivity contribution is -0.130. The fourth-order valence-corrected chi connectivity index (χ4v) is 1.67. The van der Waals surface area contributed by atoms with Crippen LogP contribution in [0.1, 0.15) is 33.1 Å². The van der Waals surface area contributed by atoms with Gasteiger partial charge in [-0.2, -0.15) is 5.26 Å². The molecule has 1 atom stereocenters. The van der Waals surface area contributed by atoms with Crippen molar-refractivity contribution >= 4 is 5.91 Å². The van der Waals surface area contributed by atoms with Crippen molar-refractivity contribution in [1.82, 2.24) is 4.90 Å². The van der Waals surface area contributed by atoms with Crippen molar-refractivity contribution < 1.29 is 4.79 Å². The number of rotatable bonds is 7. The van der Waals surface area contributed by atoms with E-state index in [9.17, 15) is 4.79 Å². The number of hydrogen-bond acceptors (Lipinski definition) is 3. The SMILES string of the molecule is CC(C)C[C@H](CN)CC(=O)N(C)CCC#N. The minimum atomic E-state index is 0.0892. The maximum absolute atomic E-state index is 11.8. The number of amides is 1. The molecular formula is C12H23N3O. The fourth-order valence-electron chi connectivity index (χ4n) is 1.67. The van der Waals surface area contributed by atoms with Gasteiger partial charge in [0.25, 0.3) is 0 Å². The van der Waals surface area contributed by atoms with Gasteiger partial charge in [-0.05, 0) is 24.8 Å². The first kappa shape index (κ1) is 14.9. The second-order valence-corrected chi connectivity index (χ2v) is 4.66. The van der Waals surface area contributed by atoms with Gasteiger partial charge in [-0.25, -0.2) is 0 Å². The van der Waals surface area contributed by atoms with Gasteiger partial charge < -0.3 is 10.6 Å². The molecule has 0 saturated heterocycles. The van der Waals surface area contributed by atoms with E-state index in [0.29, 0.717) is 31.8 Å². The number of carbonyl (C=O) groups excluding carboxylic acids is 1. The number of nitrogens with zero attached hydrogens (tertiary/aromatic N) is 2. The maximum Gasteiger partial charge on any atom is 0.222 e. The van der Waals surface area contributed by atoms with Gasteiger partial charge in [0.15, 0.2) is 0 Å². The predicted octanol–water partition coefficient (Wildman–Crippen LogP) is 1.37. The van der Waals surface area contributed by atoms with Crippen LogP contribution in [0.3, 0.4) is 0 Å². The largest absolute Gasteiger partial charge is 0.345 e. The minimum absolute atomic E-state index is 0.0892. The van der Waals surface area contributed by atoms with Crippen molar-refractivity contribution in [2.45, 2.75) is 33.1 Å². The summed E-state index contributed by atoms with van der Waals surface area (Å²) in [4.78, 5) is 13.4. The molecule has 4 nitrogen and oxygen atoms in total. The standard InChI is InChI=1S/C12H23N3O/c1-10(2)7-11(9-14)8-12(16)15(3)6-4-5-13/h10-11H,4,6-9,14H2,1-3H3/t11-/m0/s1. The molecule has 0 rings (SSSR count). The Morgan fingerprint density at radius 3 is 2.56 bits per heavy atom. The summed E-state index contributed by atoms with van der Waals surface area (Å²) in [5.41, 5.74) is 5.65. The first-order valence-corrected chi connectivity index (χ1v) is 5.82. The lowest BCUT2D eigenvalue weighted by Crippen LogP contribution is -2.31. The second kappa shape index (κ2) is 8.12. The van der Waals surface area contributed by atoms with E-state index in [1.54, 1.807) is 11.9 Å². The molecule has 0 saturated carbocycles. The predicted molar refractivity (Wildman–Crippen MR) is 64.5 cm³/mol. The van der Waals surface area contributed by atoms with Crippen molar-refractivity contribution in [3.8, 4) is 6.07 Å². The third-order valence-corrected chi connectivity index (χ3v) is 2.59. The Morgan fingerprint density at radius 2 is 2.12 bits per heavy atom. The van der Waals surface area contributed by atoms with Gasteiger partial charge >= 0.3 is 0 Å². The van der Waals surface area contributed by atoms with Crippen LogP contribution in [-0.2, 0) is 4.79 Å². The minimum Gasteiger partial charge on any atom is -0.345 e. The summed E-state index contributed by atoms with van der Waals surface area (Å²) in [7, 11) is 1.74. The van der Waals surface area contributed by atoms with E-state index >= 15 is 0 Å². The number of carbonyl (C=O) groups is 1. The Labute approximate surface area is 98.4 Å². The van der Waals surface area contributed by atoms with Gasteiger partial charge in [-0.3, -0.25) is 4.79 Å². The number of hydrogen-bond donors (Lipinski definition) is 1. The quantitative estimate of drug-likeness (QED) is 0.711. The van der Waals surface area contributed by atoms with Crippen LogP contribution in [0.4, 0.5) is 0 Å². The monoisotopic (exact) mass is 225 g/mol. The number of nitriles is 1. The van der Waals surface area contributed by atoms with Gasteiger partial charge in [0.2, 0.25) is 5.91 Å². The van der Waals surface area contributed by atoms with E-state index in [-0.39, 0.29) is 11.8 Å². The zero-order valence-corrected chi connectivity index (χ0v) is 10.6. The highest BCUT2D eigenvalue weighted by atomic mass is 16.2. The fraction of sp³-hybridized carbons (Fsp3) is 0.833. The molecule has 0 aliphatic rings. The zero-order valence-electron chi connectivity index (χ0n) is 10.6. The molecule has 92 valence electrons. The summed E-state index contributed by atoms with van der Waals surface area (Å²) in [6, 6.07) is 2.03. The summed E-state index contributed by atoms with van der Waals surface area (Å²) in [5, 5.41) is 8.44. The van der Waals surface area contributed by atoms with Crippen LogP contribution in [0.5, 0.6) is 0 Å². The summed E-state index contributed by atoms with van der Waals surface area (Å²) < 4.78 is 0. The molecule has 0 fully saturated rings. The molecule has 0 heterocycles. The van der Waals surface area contributed by atoms with Crippen molar-refractivity contribution in [3.05, 3.63) is 0 Å². The second-order valence-electron chi connectivity index (χ2n) is 4.66. The molecule has 2 N–H and O–H groups in total. The first-order valence-electron chi connectivity index (χ1n) is 5.82. The Morgan fingerprint density at radius 1 is 1.50 bits per heavy atom. The van der Waals surface area contributed by atoms with Crippen molar-refractivity contribution in [2.75, 3.05) is 20.1 Å². The molecule has 0 bridgehead atoms. The van der Waals surface area contributed by atoms with E-state index in [2.05, 4.69) is 13.8 Å². The van der Waals surface area contributed by atoms with Crippen LogP contribution in [0.2, 0.25) is 0 Å². The zero-order chi connectivity index (χ0) is 12.6. The van der Waals surface area contributed by atoms with Crippen LogP contribution < -0.4 is 5.73 Å². The summed E-state index contributed by atoms with van der Waals surface area (Å²) in [6.45, 7) is 5.32. The average Bonchev–Trinajstić information content (AvgIpc) is 2.23. The molecule has 0 unspecified atom stereocenters. The molecule has 0 radical (unpaired) electrons. The van der Waals surface area contributed by atoms with E-state index in [1.165, 1.54) is 0 Å². The van der Waals surface area contributed by atoms with E-state index in [0.717, 1.165) is 6.42 Å². The Bertz CT molecular complexity index is 245. The van der Waals surface area contributed by atoms with Gasteiger partial charge in [0.05, 0.1) is 12.5 Å². The van der Waals surface area contributed by atoms with Crippen LogP contribution in [-0.4, -0.2) is 30.9 Å². The molecular weight excluding hydrogens is 202 g/mol. The van der Waals surface area contributed by atoms with Crippen molar-refractivity contribution in [3.63, 3.8) is 0 Å². The smallest absolute Gasteiger partial charge is 0.222 e. The first-order chi connectivity index (χ1) is 7.51. The molecule has 0 aromatic carbocycles. The maximum atomic E-state index is 11.8. The molecule has 1 amide bonds. The molecule has 4 heteroatoms. The summed E-state index contributed by atoms with van der Waals surface area (Å²) >= 11 is 0. The van der Waals surface area contributed by atoms with Crippen molar-refractivity contribution in [1.29, 1.82) is 5.26 Å². The lowest BCUT2D eigenvalue weighted by Gasteiger charge is -2.21. The summed E-state index contributed by atoms with van der Waals surface area (Å²) in [6.07, 6.45) is 1.87. The highest BCUT2D eigenvalue weighted by Gasteiger charge is 2.16. The molecule has 0 aliphatic carbocycles. The Kier molecular flexibility index (Phi) is 7.57. The third kappa shape index (κ3) is 6.41. The van der Waals surface area contributed by atoms with Gasteiger partial charge in [0, 0.05) is 20.0 Å². The summed E-state index contributed by atoms with van der Waals surface area (Å²) in [5.74, 6) is 0.911. The van der Waals surface area contributed by atoms with E-state index in [4.69, 9.17) is 11.0 Å². The third-order valence-electron chi connectivity index (χ3n) is 2.59. The molecule has 16 heavy (non-hydrogen) atoms. The van der Waals surface area contributed by atoms with Crippen LogP contribution >= 0.6 is 0 Å². The van der Waals surface area contributed by atoms with Gasteiger partial charge in [-0.1, -0.05) is 13.8 Å². The van der Waals surface area contributed by atoms with Crippen molar-refractivity contribution in [2.24, 2.45) is 17.6 Å². The van der Waals surface area contributed by atoms with Crippen LogP contribution in [0, 0.1) is 23.2 Å². The lowest BCUT2D eigenvalue weighted by atomic mass is 9.94. The van der Waals surface area contributed by atoms with Crippen LogP contribution in [0.15, 0.2) is 0 Å². The number of nitrogens with two attached hydrogens (primary N) is 1. The van der Waals surface area contributed by atoms with Gasteiger partial charge in [-0.15, -0.1) is 0 Å². The topological polar surface area (TPSA) is 70.1 Å². The average molecular weight is 225 g/mol. The molecule has 0 spiro atoms. The normalized spacial score (nSPS) is 12.2. The molecule has 0 aromatic rings. The Balaban J connectivity index is 4.04. The van der Waals surface area contributed by atoms with E-state index < -0.39 is 0 Å². The van der Waals surface area contributed by atoms with E-state index in [1.807, 2.05) is 6.07 Å². The van der Waals surface area contributed by atoms with Crippen LogP contribution in [0.25, 0.3) is 0 Å². The highest BCUT2D eigenvalue weighted by molar-refractivity contribution is 5.76. The van der Waals surface area contributed by atoms with Gasteiger partial charge in [0.1, 0.15) is 0 Å².